The minimum absolute atomic E-state index is 0.117. The number of ether oxygens (including phenoxy) is 1. The van der Waals surface area contributed by atoms with Gasteiger partial charge in [-0.25, -0.2) is 0 Å². The van der Waals surface area contributed by atoms with Crippen LogP contribution < -0.4 is 0 Å². The van der Waals surface area contributed by atoms with Crippen molar-refractivity contribution in [2.45, 2.75) is 32.2 Å². The van der Waals surface area contributed by atoms with Crippen molar-refractivity contribution in [1.29, 1.82) is 0 Å². The highest BCUT2D eigenvalue weighted by Gasteiger charge is 2.27. The summed E-state index contributed by atoms with van der Waals surface area (Å²) in [5.74, 6) is 0. The molecule has 0 radical (unpaired) electrons. The SMILES string of the molecule is CCn1cc(C(O)CCOCC(F)(F)F)cn1. The van der Waals surface area contributed by atoms with E-state index in [1.165, 1.54) is 6.20 Å². The van der Waals surface area contributed by atoms with Crippen LogP contribution in [-0.4, -0.2) is 34.3 Å². The summed E-state index contributed by atoms with van der Waals surface area (Å²) in [6, 6.07) is 0. The molecule has 0 aliphatic carbocycles. The lowest BCUT2D eigenvalue weighted by Crippen LogP contribution is -2.18. The van der Waals surface area contributed by atoms with Gasteiger partial charge in [0.1, 0.15) is 6.61 Å². The molecule has 1 aromatic heterocycles. The fraction of sp³-hybridized carbons (Fsp3) is 0.700. The van der Waals surface area contributed by atoms with E-state index in [9.17, 15) is 18.3 Å². The van der Waals surface area contributed by atoms with Crippen LogP contribution in [0.1, 0.15) is 25.0 Å². The zero-order chi connectivity index (χ0) is 12.9. The van der Waals surface area contributed by atoms with E-state index in [2.05, 4.69) is 9.84 Å². The molecule has 0 fully saturated rings. The Morgan fingerprint density at radius 2 is 2.24 bits per heavy atom. The van der Waals surface area contributed by atoms with Gasteiger partial charge in [-0.15, -0.1) is 0 Å². The van der Waals surface area contributed by atoms with E-state index >= 15 is 0 Å². The molecule has 1 N–H and O–H groups in total. The van der Waals surface area contributed by atoms with Crippen LogP contribution in [0.5, 0.6) is 0 Å². The molecule has 0 aliphatic heterocycles. The third-order valence-electron chi connectivity index (χ3n) is 2.16. The molecule has 0 spiro atoms. The predicted molar refractivity (Wildman–Crippen MR) is 54.4 cm³/mol. The smallest absolute Gasteiger partial charge is 0.388 e. The monoisotopic (exact) mass is 252 g/mol. The summed E-state index contributed by atoms with van der Waals surface area (Å²) in [6.07, 6.45) is -1.89. The van der Waals surface area contributed by atoms with E-state index < -0.39 is 18.9 Å². The maximum absolute atomic E-state index is 11.8. The first kappa shape index (κ1) is 14.0. The van der Waals surface area contributed by atoms with Crippen molar-refractivity contribution in [3.8, 4) is 0 Å². The summed E-state index contributed by atoms with van der Waals surface area (Å²) in [5.41, 5.74) is 0.586. The second kappa shape index (κ2) is 6.02. The molecule has 17 heavy (non-hydrogen) atoms. The van der Waals surface area contributed by atoms with Gasteiger partial charge in [-0.05, 0) is 6.92 Å². The van der Waals surface area contributed by atoms with Crippen LogP contribution in [0.2, 0.25) is 0 Å². The number of rotatable bonds is 6. The summed E-state index contributed by atoms with van der Waals surface area (Å²) in [4.78, 5) is 0. The molecule has 1 heterocycles. The highest BCUT2D eigenvalue weighted by molar-refractivity contribution is 5.07. The summed E-state index contributed by atoms with van der Waals surface area (Å²) >= 11 is 0. The van der Waals surface area contributed by atoms with E-state index in [-0.39, 0.29) is 13.0 Å². The average molecular weight is 252 g/mol. The molecule has 0 aromatic carbocycles. The predicted octanol–water partition coefficient (Wildman–Crippen LogP) is 1.91. The Bertz CT molecular complexity index is 339. The van der Waals surface area contributed by atoms with Crippen LogP contribution in [0.4, 0.5) is 13.2 Å². The van der Waals surface area contributed by atoms with E-state index in [0.717, 1.165) is 0 Å². The van der Waals surface area contributed by atoms with E-state index in [1.54, 1.807) is 10.9 Å². The van der Waals surface area contributed by atoms with Gasteiger partial charge < -0.3 is 9.84 Å². The van der Waals surface area contributed by atoms with Gasteiger partial charge in [0.25, 0.3) is 0 Å². The Morgan fingerprint density at radius 1 is 1.53 bits per heavy atom. The average Bonchev–Trinajstić information content (AvgIpc) is 2.71. The van der Waals surface area contributed by atoms with Gasteiger partial charge in [0, 0.05) is 31.3 Å². The maximum Gasteiger partial charge on any atom is 0.411 e. The molecular formula is C10H15F3N2O2. The highest BCUT2D eigenvalue weighted by Crippen LogP contribution is 2.18. The fourth-order valence-corrected chi connectivity index (χ4v) is 1.27. The number of nitrogens with zero attached hydrogens (tertiary/aromatic N) is 2. The van der Waals surface area contributed by atoms with Crippen molar-refractivity contribution in [3.63, 3.8) is 0 Å². The standard InChI is InChI=1S/C10H15F3N2O2/c1-2-15-6-8(5-14-15)9(16)3-4-17-7-10(11,12)13/h5-6,9,16H,2-4,7H2,1H3. The zero-order valence-electron chi connectivity index (χ0n) is 9.44. The van der Waals surface area contributed by atoms with Crippen LogP contribution in [0.15, 0.2) is 12.4 Å². The number of aromatic nitrogens is 2. The molecule has 1 unspecified atom stereocenters. The molecule has 0 amide bonds. The quantitative estimate of drug-likeness (QED) is 0.787. The molecule has 7 heteroatoms. The van der Waals surface area contributed by atoms with Crippen molar-refractivity contribution < 1.29 is 23.0 Å². The lowest BCUT2D eigenvalue weighted by molar-refractivity contribution is -0.175. The Balaban J connectivity index is 2.27. The lowest BCUT2D eigenvalue weighted by atomic mass is 10.1. The summed E-state index contributed by atoms with van der Waals surface area (Å²) < 4.78 is 41.3. The lowest BCUT2D eigenvalue weighted by Gasteiger charge is -2.10. The van der Waals surface area contributed by atoms with Crippen LogP contribution >= 0.6 is 0 Å². The van der Waals surface area contributed by atoms with Crippen molar-refractivity contribution in [2.75, 3.05) is 13.2 Å². The molecule has 1 rings (SSSR count). The molecule has 0 bridgehead atoms. The molecule has 1 aromatic rings. The highest BCUT2D eigenvalue weighted by atomic mass is 19.4. The second-order valence-corrected chi connectivity index (χ2v) is 3.60. The van der Waals surface area contributed by atoms with Crippen molar-refractivity contribution in [2.24, 2.45) is 0 Å². The van der Waals surface area contributed by atoms with Crippen LogP contribution in [0, 0.1) is 0 Å². The van der Waals surface area contributed by atoms with E-state index in [1.807, 2.05) is 6.92 Å². The maximum atomic E-state index is 11.8. The number of alkyl halides is 3. The number of aliphatic hydroxyl groups is 1. The summed E-state index contributed by atoms with van der Waals surface area (Å²) in [5, 5.41) is 13.6. The van der Waals surface area contributed by atoms with Gasteiger partial charge in [-0.1, -0.05) is 0 Å². The van der Waals surface area contributed by atoms with Crippen LogP contribution in [0.25, 0.3) is 0 Å². The van der Waals surface area contributed by atoms with Gasteiger partial charge in [0.15, 0.2) is 0 Å². The minimum Gasteiger partial charge on any atom is -0.388 e. The van der Waals surface area contributed by atoms with Crippen molar-refractivity contribution in [3.05, 3.63) is 18.0 Å². The normalized spacial score (nSPS) is 13.9. The fourth-order valence-electron chi connectivity index (χ4n) is 1.27. The third-order valence-corrected chi connectivity index (χ3v) is 2.16. The van der Waals surface area contributed by atoms with Gasteiger partial charge in [-0.2, -0.15) is 18.3 Å². The third kappa shape index (κ3) is 5.18. The summed E-state index contributed by atoms with van der Waals surface area (Å²) in [6.45, 7) is 1.15. The Morgan fingerprint density at radius 3 is 2.76 bits per heavy atom. The Hall–Kier alpha value is -1.08. The molecule has 0 aliphatic rings. The van der Waals surface area contributed by atoms with Gasteiger partial charge in [0.05, 0.1) is 12.3 Å². The first-order chi connectivity index (χ1) is 7.92. The number of aryl methyl sites for hydroxylation is 1. The Kier molecular flexibility index (Phi) is 4.95. The number of aliphatic hydroxyl groups excluding tert-OH is 1. The topological polar surface area (TPSA) is 47.3 Å². The Labute approximate surface area is 97.0 Å². The first-order valence-electron chi connectivity index (χ1n) is 5.27. The largest absolute Gasteiger partial charge is 0.411 e. The van der Waals surface area contributed by atoms with Gasteiger partial charge >= 0.3 is 6.18 Å². The zero-order valence-corrected chi connectivity index (χ0v) is 9.44. The van der Waals surface area contributed by atoms with Crippen LogP contribution in [-0.2, 0) is 11.3 Å². The molecule has 0 saturated carbocycles. The van der Waals surface area contributed by atoms with E-state index in [4.69, 9.17) is 0 Å². The van der Waals surface area contributed by atoms with Gasteiger partial charge in [0.2, 0.25) is 0 Å². The molecule has 1 atom stereocenters. The number of hydrogen-bond acceptors (Lipinski definition) is 3. The van der Waals surface area contributed by atoms with Crippen molar-refractivity contribution >= 4 is 0 Å². The minimum atomic E-state index is -4.32. The first-order valence-corrected chi connectivity index (χ1v) is 5.27. The van der Waals surface area contributed by atoms with Crippen LogP contribution in [0.3, 0.4) is 0 Å². The molecule has 98 valence electrons. The number of halogens is 3. The van der Waals surface area contributed by atoms with E-state index in [0.29, 0.717) is 12.1 Å². The summed E-state index contributed by atoms with van der Waals surface area (Å²) in [7, 11) is 0. The number of hydrogen-bond donors (Lipinski definition) is 1. The van der Waals surface area contributed by atoms with Crippen molar-refractivity contribution in [1.82, 2.24) is 9.78 Å². The molecule has 0 saturated heterocycles. The van der Waals surface area contributed by atoms with Gasteiger partial charge in [-0.3, -0.25) is 4.68 Å². The molecular weight excluding hydrogens is 237 g/mol. The molecule has 4 nitrogen and oxygen atoms in total. The second-order valence-electron chi connectivity index (χ2n) is 3.60.